The molecule has 2 amide bonds. The van der Waals surface area contributed by atoms with Crippen LogP contribution in [0.4, 0.5) is 4.79 Å². The molecule has 1 fully saturated rings. The highest BCUT2D eigenvalue weighted by Gasteiger charge is 2.30. The van der Waals surface area contributed by atoms with Gasteiger partial charge in [-0.3, -0.25) is 4.79 Å². The lowest BCUT2D eigenvalue weighted by Crippen LogP contribution is -2.51. The van der Waals surface area contributed by atoms with E-state index in [0.717, 1.165) is 19.4 Å². The number of aliphatic carboxylic acids is 1. The molecule has 6 nitrogen and oxygen atoms in total. The monoisotopic (exact) mass is 300 g/mol. The zero-order valence-electron chi connectivity index (χ0n) is 13.5. The minimum absolute atomic E-state index is 0.0767. The van der Waals surface area contributed by atoms with Gasteiger partial charge in [0, 0.05) is 25.7 Å². The van der Waals surface area contributed by atoms with Crippen molar-refractivity contribution in [1.82, 2.24) is 10.2 Å². The zero-order valence-corrected chi connectivity index (χ0v) is 13.5. The first kappa shape index (κ1) is 17.8. The van der Waals surface area contributed by atoms with E-state index in [0.29, 0.717) is 13.1 Å². The smallest absolute Gasteiger partial charge is 0.317 e. The first-order valence-corrected chi connectivity index (χ1v) is 7.63. The lowest BCUT2D eigenvalue weighted by molar-refractivity contribution is -0.138. The first-order valence-electron chi connectivity index (χ1n) is 7.63. The standard InChI is InChI=1S/C15H28N2O4/c1-5-17(10-11-7-6-8-21-11)14(20)16-12(9-13(18)19)15(2,3)4/h11-12H,5-10H2,1-4H3,(H,16,20)(H,18,19). The number of carboxylic acid groups (broad SMARTS) is 1. The maximum atomic E-state index is 12.4. The van der Waals surface area contributed by atoms with E-state index in [4.69, 9.17) is 9.84 Å². The number of hydrogen-bond donors (Lipinski definition) is 2. The van der Waals surface area contributed by atoms with Crippen LogP contribution in [0.15, 0.2) is 0 Å². The fourth-order valence-corrected chi connectivity index (χ4v) is 2.38. The van der Waals surface area contributed by atoms with Crippen LogP contribution in [0.3, 0.4) is 0 Å². The second kappa shape index (κ2) is 7.64. The summed E-state index contributed by atoms with van der Waals surface area (Å²) in [4.78, 5) is 25.0. The summed E-state index contributed by atoms with van der Waals surface area (Å²) in [6.45, 7) is 9.60. The molecule has 2 atom stereocenters. The molecule has 6 heteroatoms. The Hall–Kier alpha value is -1.30. The van der Waals surface area contributed by atoms with Crippen molar-refractivity contribution in [1.29, 1.82) is 0 Å². The lowest BCUT2D eigenvalue weighted by atomic mass is 9.85. The number of amides is 2. The molecule has 21 heavy (non-hydrogen) atoms. The van der Waals surface area contributed by atoms with Crippen molar-refractivity contribution in [3.8, 4) is 0 Å². The molecule has 0 aliphatic carbocycles. The van der Waals surface area contributed by atoms with Crippen LogP contribution < -0.4 is 5.32 Å². The van der Waals surface area contributed by atoms with Crippen molar-refractivity contribution >= 4 is 12.0 Å². The SMILES string of the molecule is CCN(CC1CCCO1)C(=O)NC(CC(=O)O)C(C)(C)C. The predicted octanol–water partition coefficient (Wildman–Crippen LogP) is 2.09. The normalized spacial score (nSPS) is 20.1. The lowest BCUT2D eigenvalue weighted by Gasteiger charge is -2.33. The summed E-state index contributed by atoms with van der Waals surface area (Å²) in [7, 11) is 0. The number of hydrogen-bond acceptors (Lipinski definition) is 3. The summed E-state index contributed by atoms with van der Waals surface area (Å²) in [6.07, 6.45) is 2.03. The molecular formula is C15H28N2O4. The number of nitrogens with one attached hydrogen (secondary N) is 1. The van der Waals surface area contributed by atoms with Crippen molar-refractivity contribution in [2.24, 2.45) is 5.41 Å². The largest absolute Gasteiger partial charge is 0.481 e. The van der Waals surface area contributed by atoms with Gasteiger partial charge in [0.2, 0.25) is 0 Å². The number of ether oxygens (including phenoxy) is 1. The highest BCUT2D eigenvalue weighted by Crippen LogP contribution is 2.22. The van der Waals surface area contributed by atoms with E-state index in [1.807, 2.05) is 27.7 Å². The van der Waals surface area contributed by atoms with E-state index in [-0.39, 0.29) is 24.0 Å². The van der Waals surface area contributed by atoms with Crippen LogP contribution >= 0.6 is 0 Å². The highest BCUT2D eigenvalue weighted by molar-refractivity contribution is 5.76. The molecule has 0 aromatic carbocycles. The van der Waals surface area contributed by atoms with Gasteiger partial charge in [0.25, 0.3) is 0 Å². The predicted molar refractivity (Wildman–Crippen MR) is 80.2 cm³/mol. The Morgan fingerprint density at radius 2 is 2.10 bits per heavy atom. The van der Waals surface area contributed by atoms with E-state index in [1.54, 1.807) is 4.90 Å². The number of urea groups is 1. The van der Waals surface area contributed by atoms with Gasteiger partial charge in [-0.1, -0.05) is 20.8 Å². The van der Waals surface area contributed by atoms with Gasteiger partial charge in [-0.15, -0.1) is 0 Å². The summed E-state index contributed by atoms with van der Waals surface area (Å²) in [5, 5.41) is 11.9. The second-order valence-electron chi connectivity index (χ2n) is 6.64. The minimum atomic E-state index is -0.905. The number of likely N-dealkylation sites (N-methyl/N-ethyl adjacent to an activating group) is 1. The Morgan fingerprint density at radius 1 is 1.43 bits per heavy atom. The number of carboxylic acids is 1. The van der Waals surface area contributed by atoms with Crippen LogP contribution in [-0.2, 0) is 9.53 Å². The number of carbonyl (C=O) groups excluding carboxylic acids is 1. The van der Waals surface area contributed by atoms with Crippen LogP contribution in [0.2, 0.25) is 0 Å². The maximum Gasteiger partial charge on any atom is 0.317 e. The summed E-state index contributed by atoms with van der Waals surface area (Å²) in [6, 6.07) is -0.616. The van der Waals surface area contributed by atoms with Gasteiger partial charge in [0.1, 0.15) is 0 Å². The third kappa shape index (κ3) is 5.91. The van der Waals surface area contributed by atoms with E-state index < -0.39 is 12.0 Å². The fourth-order valence-electron chi connectivity index (χ4n) is 2.38. The van der Waals surface area contributed by atoms with Crippen molar-refractivity contribution in [2.45, 2.75) is 59.1 Å². The maximum absolute atomic E-state index is 12.4. The van der Waals surface area contributed by atoms with Crippen LogP contribution in [0, 0.1) is 5.41 Å². The van der Waals surface area contributed by atoms with Crippen molar-refractivity contribution in [3.05, 3.63) is 0 Å². The topological polar surface area (TPSA) is 78.9 Å². The first-order chi connectivity index (χ1) is 9.74. The van der Waals surface area contributed by atoms with Gasteiger partial charge in [0.05, 0.1) is 12.5 Å². The van der Waals surface area contributed by atoms with Gasteiger partial charge >= 0.3 is 12.0 Å². The molecule has 0 bridgehead atoms. The van der Waals surface area contributed by atoms with Gasteiger partial charge in [-0.05, 0) is 25.2 Å². The molecular weight excluding hydrogens is 272 g/mol. The summed E-state index contributed by atoms with van der Waals surface area (Å²) in [5.74, 6) is -0.905. The summed E-state index contributed by atoms with van der Waals surface area (Å²) < 4.78 is 5.56. The Kier molecular flexibility index (Phi) is 6.45. The molecule has 1 saturated heterocycles. The molecule has 1 aliphatic heterocycles. The Labute approximate surface area is 126 Å². The molecule has 122 valence electrons. The molecule has 0 aromatic rings. The van der Waals surface area contributed by atoms with Gasteiger partial charge < -0.3 is 20.1 Å². The minimum Gasteiger partial charge on any atom is -0.481 e. The van der Waals surface area contributed by atoms with Crippen LogP contribution in [0.25, 0.3) is 0 Å². The Morgan fingerprint density at radius 3 is 2.52 bits per heavy atom. The molecule has 2 unspecified atom stereocenters. The highest BCUT2D eigenvalue weighted by atomic mass is 16.5. The van der Waals surface area contributed by atoms with Crippen molar-refractivity contribution in [2.75, 3.05) is 19.7 Å². The van der Waals surface area contributed by atoms with Crippen LogP contribution in [-0.4, -0.2) is 53.8 Å². The molecule has 1 aliphatic rings. The molecule has 0 radical (unpaired) electrons. The molecule has 1 rings (SSSR count). The van der Waals surface area contributed by atoms with E-state index >= 15 is 0 Å². The number of nitrogens with zero attached hydrogens (tertiary/aromatic N) is 1. The van der Waals surface area contributed by atoms with Crippen molar-refractivity contribution in [3.63, 3.8) is 0 Å². The average Bonchev–Trinajstić information content (AvgIpc) is 2.86. The number of carbonyl (C=O) groups is 2. The fraction of sp³-hybridized carbons (Fsp3) is 0.867. The van der Waals surface area contributed by atoms with Crippen LogP contribution in [0.5, 0.6) is 0 Å². The van der Waals surface area contributed by atoms with Gasteiger partial charge in [-0.2, -0.15) is 0 Å². The molecule has 0 saturated carbocycles. The van der Waals surface area contributed by atoms with E-state index in [9.17, 15) is 9.59 Å². The molecule has 0 spiro atoms. The van der Waals surface area contributed by atoms with E-state index in [1.165, 1.54) is 0 Å². The Bertz CT molecular complexity index is 359. The quantitative estimate of drug-likeness (QED) is 0.787. The zero-order chi connectivity index (χ0) is 16.0. The summed E-state index contributed by atoms with van der Waals surface area (Å²) in [5.41, 5.74) is -0.308. The van der Waals surface area contributed by atoms with Crippen LogP contribution in [0.1, 0.15) is 47.0 Å². The van der Waals surface area contributed by atoms with E-state index in [2.05, 4.69) is 5.32 Å². The molecule has 1 heterocycles. The van der Waals surface area contributed by atoms with Gasteiger partial charge in [0.15, 0.2) is 0 Å². The number of rotatable bonds is 6. The average molecular weight is 300 g/mol. The molecule has 0 aromatic heterocycles. The Balaban J connectivity index is 2.62. The third-order valence-corrected chi connectivity index (χ3v) is 3.84. The van der Waals surface area contributed by atoms with Crippen molar-refractivity contribution < 1.29 is 19.4 Å². The second-order valence-corrected chi connectivity index (χ2v) is 6.64. The molecule has 2 N–H and O–H groups in total. The summed E-state index contributed by atoms with van der Waals surface area (Å²) >= 11 is 0. The van der Waals surface area contributed by atoms with Gasteiger partial charge in [-0.25, -0.2) is 4.79 Å². The third-order valence-electron chi connectivity index (χ3n) is 3.84.